The maximum absolute atomic E-state index is 13.0. The molecule has 0 radical (unpaired) electrons. The molecule has 0 amide bonds. The molecule has 0 saturated heterocycles. The van der Waals surface area contributed by atoms with Crippen LogP contribution in [0, 0.1) is 0 Å². The van der Waals surface area contributed by atoms with Crippen LogP contribution in [0.5, 0.6) is 17.2 Å². The lowest BCUT2D eigenvalue weighted by Crippen LogP contribution is -2.12. The Labute approximate surface area is 256 Å². The van der Waals surface area contributed by atoms with E-state index in [0.717, 1.165) is 34.8 Å². The Hall–Kier alpha value is -4.89. The highest BCUT2D eigenvalue weighted by Crippen LogP contribution is 2.46. The van der Waals surface area contributed by atoms with Crippen molar-refractivity contribution in [2.75, 3.05) is 33.0 Å². The van der Waals surface area contributed by atoms with Crippen molar-refractivity contribution >= 4 is 17.9 Å². The third kappa shape index (κ3) is 8.35. The highest BCUT2D eigenvalue weighted by Gasteiger charge is 2.27. The molecule has 3 aromatic carbocycles. The Morgan fingerprint density at radius 1 is 0.773 bits per heavy atom. The van der Waals surface area contributed by atoms with Crippen molar-refractivity contribution in [3.63, 3.8) is 0 Å². The molecule has 0 saturated carbocycles. The molecular formula is C35H36O9. The summed E-state index contributed by atoms with van der Waals surface area (Å²) in [6.45, 7) is 9.76. The smallest absolute Gasteiger partial charge is 0.343 e. The number of benzene rings is 3. The zero-order chi connectivity index (χ0) is 31.5. The number of aliphatic hydroxyl groups excluding tert-OH is 1. The van der Waals surface area contributed by atoms with Crippen LogP contribution in [0.25, 0.3) is 11.1 Å². The first-order valence-electron chi connectivity index (χ1n) is 14.4. The summed E-state index contributed by atoms with van der Waals surface area (Å²) in [7, 11) is 0. The Morgan fingerprint density at radius 2 is 1.36 bits per heavy atom. The fourth-order valence-electron chi connectivity index (χ4n) is 4.67. The fourth-order valence-corrected chi connectivity index (χ4v) is 4.67. The van der Waals surface area contributed by atoms with E-state index >= 15 is 0 Å². The molecule has 0 spiro atoms. The van der Waals surface area contributed by atoms with Crippen molar-refractivity contribution in [2.24, 2.45) is 0 Å². The van der Waals surface area contributed by atoms with E-state index in [4.69, 9.17) is 28.8 Å². The summed E-state index contributed by atoms with van der Waals surface area (Å²) in [5.74, 6) is 0.305. The molecule has 44 heavy (non-hydrogen) atoms. The highest BCUT2D eigenvalue weighted by atomic mass is 16.5. The summed E-state index contributed by atoms with van der Waals surface area (Å²) in [5, 5.41) is 8.92. The van der Waals surface area contributed by atoms with Crippen LogP contribution in [0.3, 0.4) is 0 Å². The molecule has 1 atom stereocenters. The van der Waals surface area contributed by atoms with Gasteiger partial charge in [0.05, 0.1) is 44.2 Å². The average molecular weight is 601 g/mol. The van der Waals surface area contributed by atoms with E-state index in [-0.39, 0.29) is 18.1 Å². The molecule has 0 fully saturated rings. The Balaban J connectivity index is 1.27. The molecular weight excluding hydrogens is 564 g/mol. The van der Waals surface area contributed by atoms with Crippen molar-refractivity contribution in [3.8, 4) is 28.4 Å². The predicted octanol–water partition coefficient (Wildman–Crippen LogP) is 5.79. The van der Waals surface area contributed by atoms with Crippen LogP contribution >= 0.6 is 0 Å². The second kappa shape index (κ2) is 15.5. The van der Waals surface area contributed by atoms with Crippen LogP contribution < -0.4 is 14.2 Å². The molecule has 4 rings (SSSR count). The van der Waals surface area contributed by atoms with Gasteiger partial charge < -0.3 is 28.8 Å². The third-order valence-corrected chi connectivity index (χ3v) is 7.06. The molecule has 1 unspecified atom stereocenters. The second-order valence-electron chi connectivity index (χ2n) is 10.2. The number of carbonyl (C=O) groups excluding carboxylic acids is 3. The lowest BCUT2D eigenvalue weighted by atomic mass is 9.98. The number of hydrogen-bond acceptors (Lipinski definition) is 9. The standard InChI is InChI=1S/C35H36O9/c1-4-33(37)42-17-6-5-16-40-26-9-11-27(12-10-26)44-35(39)25-8-14-29-30-15-13-28(21-32(30)24(3)31(29)20-25)41-18-7-19-43-34(38)23(2)22-36/h4,8-15,20-21,24,36H,1-2,5-7,16-19,22H2,3H3. The molecule has 0 bridgehead atoms. The molecule has 1 aliphatic rings. The number of unbranched alkanes of at least 4 members (excludes halogenated alkanes) is 1. The Bertz CT molecular complexity index is 1510. The summed E-state index contributed by atoms with van der Waals surface area (Å²) >= 11 is 0. The van der Waals surface area contributed by atoms with Crippen LogP contribution in [0.2, 0.25) is 0 Å². The quantitative estimate of drug-likeness (QED) is 0.0944. The van der Waals surface area contributed by atoms with Crippen molar-refractivity contribution in [2.45, 2.75) is 32.1 Å². The molecule has 230 valence electrons. The number of carbonyl (C=O) groups is 3. The maximum atomic E-state index is 13.0. The zero-order valence-corrected chi connectivity index (χ0v) is 24.7. The van der Waals surface area contributed by atoms with Gasteiger partial charge in [-0.3, -0.25) is 0 Å². The van der Waals surface area contributed by atoms with Gasteiger partial charge in [-0.2, -0.15) is 0 Å². The van der Waals surface area contributed by atoms with Crippen molar-refractivity contribution in [1.29, 1.82) is 0 Å². The molecule has 3 aromatic rings. The number of esters is 3. The molecule has 0 heterocycles. The van der Waals surface area contributed by atoms with E-state index in [1.54, 1.807) is 30.3 Å². The highest BCUT2D eigenvalue weighted by molar-refractivity contribution is 5.93. The largest absolute Gasteiger partial charge is 0.494 e. The molecule has 0 aliphatic heterocycles. The lowest BCUT2D eigenvalue weighted by molar-refractivity contribution is -0.140. The molecule has 9 heteroatoms. The summed E-state index contributed by atoms with van der Waals surface area (Å²) < 4.78 is 27.2. The number of hydrogen-bond donors (Lipinski definition) is 1. The number of ether oxygens (including phenoxy) is 5. The monoisotopic (exact) mass is 600 g/mol. The van der Waals surface area contributed by atoms with Gasteiger partial charge in [-0.25, -0.2) is 14.4 Å². The summed E-state index contributed by atoms with van der Waals surface area (Å²) in [6, 6.07) is 18.3. The molecule has 0 aromatic heterocycles. The van der Waals surface area contributed by atoms with Gasteiger partial charge in [0.2, 0.25) is 0 Å². The van der Waals surface area contributed by atoms with Gasteiger partial charge in [0.15, 0.2) is 0 Å². The van der Waals surface area contributed by atoms with Gasteiger partial charge >= 0.3 is 17.9 Å². The Kier molecular flexibility index (Phi) is 11.3. The predicted molar refractivity (Wildman–Crippen MR) is 164 cm³/mol. The summed E-state index contributed by atoms with van der Waals surface area (Å²) in [5.41, 5.74) is 4.75. The third-order valence-electron chi connectivity index (χ3n) is 7.06. The second-order valence-corrected chi connectivity index (χ2v) is 10.2. The normalized spacial score (nSPS) is 12.8. The first-order valence-corrected chi connectivity index (χ1v) is 14.4. The van der Waals surface area contributed by atoms with Crippen LogP contribution in [0.1, 0.15) is 53.6 Å². The van der Waals surface area contributed by atoms with Crippen LogP contribution in [-0.2, 0) is 19.1 Å². The van der Waals surface area contributed by atoms with Gasteiger partial charge in [0.25, 0.3) is 0 Å². The van der Waals surface area contributed by atoms with Crippen LogP contribution in [0.15, 0.2) is 85.5 Å². The SMILES string of the molecule is C=CC(=O)OCCCCOc1ccc(OC(=O)c2ccc3c(c2)C(C)c2cc(OCCCOC(=O)C(=C)CO)ccc2-3)cc1. The minimum absolute atomic E-state index is 0.0184. The van der Waals surface area contributed by atoms with Gasteiger partial charge in [0.1, 0.15) is 17.2 Å². The van der Waals surface area contributed by atoms with E-state index in [2.05, 4.69) is 20.1 Å². The van der Waals surface area contributed by atoms with Crippen molar-refractivity contribution in [1.82, 2.24) is 0 Å². The van der Waals surface area contributed by atoms with Gasteiger partial charge in [0, 0.05) is 18.4 Å². The van der Waals surface area contributed by atoms with Crippen LogP contribution in [0.4, 0.5) is 0 Å². The van der Waals surface area contributed by atoms with Crippen molar-refractivity contribution < 1.29 is 43.2 Å². The zero-order valence-electron chi connectivity index (χ0n) is 24.7. The van der Waals surface area contributed by atoms with E-state index in [0.29, 0.717) is 55.5 Å². The minimum Gasteiger partial charge on any atom is -0.494 e. The van der Waals surface area contributed by atoms with Crippen LogP contribution in [-0.4, -0.2) is 56.0 Å². The molecule has 1 N–H and O–H groups in total. The average Bonchev–Trinajstić information content (AvgIpc) is 3.32. The van der Waals surface area contributed by atoms with E-state index in [1.165, 1.54) is 0 Å². The van der Waals surface area contributed by atoms with Crippen molar-refractivity contribution in [3.05, 3.63) is 102 Å². The Morgan fingerprint density at radius 3 is 2.09 bits per heavy atom. The van der Waals surface area contributed by atoms with Gasteiger partial charge in [-0.05, 0) is 83.6 Å². The molecule has 9 nitrogen and oxygen atoms in total. The van der Waals surface area contributed by atoms with Gasteiger partial charge in [-0.1, -0.05) is 32.2 Å². The number of aliphatic hydroxyl groups is 1. The first-order chi connectivity index (χ1) is 21.3. The fraction of sp³-hybridized carbons (Fsp3) is 0.286. The number of rotatable bonds is 16. The summed E-state index contributed by atoms with van der Waals surface area (Å²) in [4.78, 5) is 35.6. The number of fused-ring (bicyclic) bond motifs is 3. The van der Waals surface area contributed by atoms with E-state index in [1.807, 2.05) is 30.3 Å². The minimum atomic E-state index is -0.613. The summed E-state index contributed by atoms with van der Waals surface area (Å²) in [6.07, 6.45) is 3.03. The maximum Gasteiger partial charge on any atom is 0.343 e. The lowest BCUT2D eigenvalue weighted by Gasteiger charge is -2.11. The van der Waals surface area contributed by atoms with E-state index < -0.39 is 24.5 Å². The van der Waals surface area contributed by atoms with E-state index in [9.17, 15) is 14.4 Å². The molecule has 1 aliphatic carbocycles. The first kappa shape index (κ1) is 32.0. The topological polar surface area (TPSA) is 118 Å². The van der Waals surface area contributed by atoms with Gasteiger partial charge in [-0.15, -0.1) is 0 Å².